The highest BCUT2D eigenvalue weighted by Crippen LogP contribution is 2.30. The van der Waals surface area contributed by atoms with Gasteiger partial charge in [0.1, 0.15) is 22.8 Å². The van der Waals surface area contributed by atoms with E-state index in [1.54, 1.807) is 0 Å². The van der Waals surface area contributed by atoms with Crippen molar-refractivity contribution in [1.82, 2.24) is 14.6 Å². The second-order valence-electron chi connectivity index (χ2n) is 6.57. The van der Waals surface area contributed by atoms with Gasteiger partial charge in [0.05, 0.1) is 11.9 Å². The summed E-state index contributed by atoms with van der Waals surface area (Å²) in [5.41, 5.74) is -3.41. The number of carbonyl (C=O) groups is 1. The predicted molar refractivity (Wildman–Crippen MR) is 97.5 cm³/mol. The SMILES string of the molecule is O=C(Nc1c(F)c(F)c(F)c(F)c1F)c1cnn2c(C(F)F)cc(-c3ccc(F)cc3)nc12. The van der Waals surface area contributed by atoms with E-state index < -0.39 is 69.8 Å². The number of hydrogen-bond acceptors (Lipinski definition) is 3. The van der Waals surface area contributed by atoms with Gasteiger partial charge in [0, 0.05) is 5.56 Å². The molecule has 0 radical (unpaired) electrons. The first-order valence-electron chi connectivity index (χ1n) is 8.85. The Morgan fingerprint density at radius 3 is 2.03 bits per heavy atom. The van der Waals surface area contributed by atoms with Crippen LogP contribution in [0.4, 0.5) is 40.8 Å². The van der Waals surface area contributed by atoms with Crippen LogP contribution in [0.3, 0.4) is 0 Å². The molecule has 0 aliphatic rings. The summed E-state index contributed by atoms with van der Waals surface area (Å²) >= 11 is 0. The van der Waals surface area contributed by atoms with Crippen LogP contribution in [-0.2, 0) is 0 Å². The number of anilines is 1. The summed E-state index contributed by atoms with van der Waals surface area (Å²) in [6.07, 6.45) is -2.38. The summed E-state index contributed by atoms with van der Waals surface area (Å²) in [6, 6.07) is 5.47. The first-order chi connectivity index (χ1) is 15.6. The Kier molecular flexibility index (Phi) is 5.47. The van der Waals surface area contributed by atoms with Gasteiger partial charge < -0.3 is 5.32 Å². The molecule has 0 saturated carbocycles. The minimum atomic E-state index is -3.11. The van der Waals surface area contributed by atoms with Crippen molar-refractivity contribution in [2.45, 2.75) is 6.43 Å². The zero-order valence-electron chi connectivity index (χ0n) is 15.8. The highest BCUT2D eigenvalue weighted by atomic mass is 19.3. The molecule has 0 atom stereocenters. The molecule has 0 fully saturated rings. The average Bonchev–Trinajstić information content (AvgIpc) is 3.23. The van der Waals surface area contributed by atoms with E-state index in [0.29, 0.717) is 4.52 Å². The smallest absolute Gasteiger partial charge is 0.280 e. The minimum Gasteiger partial charge on any atom is -0.317 e. The quantitative estimate of drug-likeness (QED) is 0.245. The van der Waals surface area contributed by atoms with Crippen molar-refractivity contribution in [2.24, 2.45) is 0 Å². The Bertz CT molecular complexity index is 1370. The average molecular weight is 472 g/mol. The fourth-order valence-electron chi connectivity index (χ4n) is 2.97. The van der Waals surface area contributed by atoms with Crippen molar-refractivity contribution in [2.75, 3.05) is 5.32 Å². The van der Waals surface area contributed by atoms with Gasteiger partial charge in [-0.15, -0.1) is 0 Å². The number of hydrogen-bond donors (Lipinski definition) is 1. The van der Waals surface area contributed by atoms with Crippen molar-refractivity contribution in [3.05, 3.63) is 82.7 Å². The number of nitrogens with one attached hydrogen (secondary N) is 1. The number of amides is 1. The monoisotopic (exact) mass is 472 g/mol. The Hall–Kier alpha value is -4.03. The summed E-state index contributed by atoms with van der Waals surface area (Å²) in [7, 11) is 0. The normalized spacial score (nSPS) is 11.4. The van der Waals surface area contributed by atoms with Crippen LogP contribution in [-0.4, -0.2) is 20.5 Å². The van der Waals surface area contributed by atoms with Crippen molar-refractivity contribution in [1.29, 1.82) is 0 Å². The molecule has 0 aliphatic heterocycles. The van der Waals surface area contributed by atoms with E-state index in [-0.39, 0.29) is 11.3 Å². The molecule has 13 heteroatoms. The maximum Gasteiger partial charge on any atom is 0.280 e. The molecule has 0 spiro atoms. The molecule has 2 heterocycles. The second kappa shape index (κ2) is 8.15. The fraction of sp³-hybridized carbons (Fsp3) is 0.0500. The number of nitrogens with zero attached hydrogens (tertiary/aromatic N) is 3. The van der Waals surface area contributed by atoms with Crippen LogP contribution in [0.2, 0.25) is 0 Å². The van der Waals surface area contributed by atoms with Crippen LogP contribution in [0.25, 0.3) is 16.9 Å². The van der Waals surface area contributed by atoms with Gasteiger partial charge in [0.2, 0.25) is 5.82 Å². The Labute approximate surface area is 178 Å². The lowest BCUT2D eigenvalue weighted by Gasteiger charge is -2.10. The highest BCUT2D eigenvalue weighted by molar-refractivity contribution is 6.08. The zero-order chi connectivity index (χ0) is 24.0. The van der Waals surface area contributed by atoms with Gasteiger partial charge in [-0.25, -0.2) is 44.6 Å². The molecule has 0 saturated heterocycles. The maximum absolute atomic E-state index is 13.9. The summed E-state index contributed by atoms with van der Waals surface area (Å²) in [5, 5.41) is 5.13. The number of carbonyl (C=O) groups excluding carboxylic acids is 1. The molecular formula is C20H8F8N4O. The fourth-order valence-corrected chi connectivity index (χ4v) is 2.97. The molecule has 4 aromatic rings. The summed E-state index contributed by atoms with van der Waals surface area (Å²) < 4.78 is 109. The van der Waals surface area contributed by atoms with Crippen LogP contribution in [0, 0.1) is 34.9 Å². The standard InChI is InChI=1S/C20H8F8N4O/c21-8-3-1-7(2-4-8)10-5-11(18(27)28)32-19(30-10)9(6-29-32)20(33)31-17-15(25)13(23)12(22)14(24)16(17)26/h1-6,18H,(H,31,33). The number of rotatable bonds is 4. The summed E-state index contributed by atoms with van der Waals surface area (Å²) in [5.74, 6) is -13.7. The largest absolute Gasteiger partial charge is 0.317 e. The third-order valence-electron chi connectivity index (χ3n) is 4.56. The van der Waals surface area contributed by atoms with E-state index in [0.717, 1.165) is 24.4 Å². The van der Waals surface area contributed by atoms with Gasteiger partial charge >= 0.3 is 0 Å². The Morgan fingerprint density at radius 1 is 0.879 bits per heavy atom. The van der Waals surface area contributed by atoms with Crippen LogP contribution in [0.1, 0.15) is 22.5 Å². The van der Waals surface area contributed by atoms with Gasteiger partial charge in [0.15, 0.2) is 28.9 Å². The number of benzene rings is 2. The molecule has 2 aromatic heterocycles. The second-order valence-corrected chi connectivity index (χ2v) is 6.57. The predicted octanol–water partition coefficient (Wildman–Crippen LogP) is 5.42. The molecule has 5 nitrogen and oxygen atoms in total. The molecule has 170 valence electrons. The molecular weight excluding hydrogens is 464 g/mol. The lowest BCUT2D eigenvalue weighted by molar-refractivity contribution is 0.102. The van der Waals surface area contributed by atoms with Crippen LogP contribution in [0.15, 0.2) is 36.5 Å². The summed E-state index contributed by atoms with van der Waals surface area (Å²) in [4.78, 5) is 16.6. The molecule has 0 unspecified atom stereocenters. The minimum absolute atomic E-state index is 0.122. The van der Waals surface area contributed by atoms with E-state index >= 15 is 0 Å². The number of halogens is 8. The zero-order valence-corrected chi connectivity index (χ0v) is 15.8. The Balaban J connectivity index is 1.84. The van der Waals surface area contributed by atoms with E-state index in [1.807, 2.05) is 0 Å². The van der Waals surface area contributed by atoms with Gasteiger partial charge in [-0.2, -0.15) is 5.10 Å². The number of aromatic nitrogens is 3. The molecule has 1 amide bonds. The highest BCUT2D eigenvalue weighted by Gasteiger charge is 2.28. The van der Waals surface area contributed by atoms with Gasteiger partial charge in [0.25, 0.3) is 12.3 Å². The molecule has 1 N–H and O–H groups in total. The molecule has 33 heavy (non-hydrogen) atoms. The van der Waals surface area contributed by atoms with E-state index in [4.69, 9.17) is 0 Å². The molecule has 4 rings (SSSR count). The Morgan fingerprint density at radius 2 is 1.45 bits per heavy atom. The lowest BCUT2D eigenvalue weighted by Crippen LogP contribution is -2.17. The van der Waals surface area contributed by atoms with Crippen molar-refractivity contribution in [3.63, 3.8) is 0 Å². The third-order valence-corrected chi connectivity index (χ3v) is 4.56. The van der Waals surface area contributed by atoms with Crippen molar-refractivity contribution < 1.29 is 39.9 Å². The molecule has 0 aliphatic carbocycles. The number of alkyl halides is 2. The van der Waals surface area contributed by atoms with Crippen LogP contribution < -0.4 is 5.32 Å². The van der Waals surface area contributed by atoms with Gasteiger partial charge in [-0.3, -0.25) is 4.79 Å². The first-order valence-corrected chi connectivity index (χ1v) is 8.85. The molecule has 2 aromatic carbocycles. The third kappa shape index (κ3) is 3.75. The van der Waals surface area contributed by atoms with E-state index in [2.05, 4.69) is 10.1 Å². The topological polar surface area (TPSA) is 59.3 Å². The summed E-state index contributed by atoms with van der Waals surface area (Å²) in [6.45, 7) is 0. The van der Waals surface area contributed by atoms with Crippen molar-refractivity contribution in [3.8, 4) is 11.3 Å². The number of fused-ring (bicyclic) bond motifs is 1. The lowest BCUT2D eigenvalue weighted by atomic mass is 10.1. The first kappa shape index (κ1) is 22.2. The van der Waals surface area contributed by atoms with Gasteiger partial charge in [-0.1, -0.05) is 0 Å². The molecule has 0 bridgehead atoms. The van der Waals surface area contributed by atoms with Crippen LogP contribution >= 0.6 is 0 Å². The maximum atomic E-state index is 13.9. The van der Waals surface area contributed by atoms with Gasteiger partial charge in [-0.05, 0) is 30.3 Å². The van der Waals surface area contributed by atoms with Crippen LogP contribution in [0.5, 0.6) is 0 Å². The van der Waals surface area contributed by atoms with Crippen molar-refractivity contribution >= 4 is 17.2 Å². The van der Waals surface area contributed by atoms with E-state index in [9.17, 15) is 39.9 Å². The van der Waals surface area contributed by atoms with E-state index in [1.165, 1.54) is 17.4 Å².